The van der Waals surface area contributed by atoms with Crippen LogP contribution in [-0.4, -0.2) is 34.5 Å². The van der Waals surface area contributed by atoms with Crippen LogP contribution >= 0.6 is 25.3 Å². The van der Waals surface area contributed by atoms with E-state index in [0.717, 1.165) is 0 Å². The Balaban J connectivity index is 3.90. The fourth-order valence-electron chi connectivity index (χ4n) is 0.893. The lowest BCUT2D eigenvalue weighted by atomic mass is 10.2. The lowest BCUT2D eigenvalue weighted by Gasteiger charge is -2.12. The molecule has 1 amide bonds. The Morgan fingerprint density at radius 2 is 1.93 bits per heavy atom. The molecular weight excluding hydrogens is 222 g/mol. The molecule has 0 unspecified atom stereocenters. The van der Waals surface area contributed by atoms with Crippen molar-refractivity contribution in [2.45, 2.75) is 25.3 Å². The SMILES string of the molecule is O=C(CCCS)N[C@H](CCS)C(=O)O. The van der Waals surface area contributed by atoms with Gasteiger partial charge in [0, 0.05) is 6.42 Å². The van der Waals surface area contributed by atoms with Crippen molar-refractivity contribution in [2.75, 3.05) is 11.5 Å². The molecule has 82 valence electrons. The summed E-state index contributed by atoms with van der Waals surface area (Å²) >= 11 is 7.88. The van der Waals surface area contributed by atoms with Crippen LogP contribution in [0, 0.1) is 0 Å². The van der Waals surface area contributed by atoms with Gasteiger partial charge in [-0.2, -0.15) is 25.3 Å². The molecule has 1 atom stereocenters. The van der Waals surface area contributed by atoms with Crippen molar-refractivity contribution < 1.29 is 14.7 Å². The van der Waals surface area contributed by atoms with Crippen LogP contribution in [0.15, 0.2) is 0 Å². The van der Waals surface area contributed by atoms with Crippen molar-refractivity contribution >= 4 is 37.1 Å². The fourth-order valence-corrected chi connectivity index (χ4v) is 1.31. The fraction of sp³-hybridized carbons (Fsp3) is 0.750. The van der Waals surface area contributed by atoms with E-state index in [1.54, 1.807) is 0 Å². The van der Waals surface area contributed by atoms with Gasteiger partial charge in [-0.15, -0.1) is 0 Å². The van der Waals surface area contributed by atoms with Crippen molar-refractivity contribution in [2.24, 2.45) is 0 Å². The van der Waals surface area contributed by atoms with Gasteiger partial charge in [-0.3, -0.25) is 4.79 Å². The van der Waals surface area contributed by atoms with Gasteiger partial charge in [0.25, 0.3) is 0 Å². The third-order valence-electron chi connectivity index (χ3n) is 1.61. The highest BCUT2D eigenvalue weighted by atomic mass is 32.1. The lowest BCUT2D eigenvalue weighted by molar-refractivity contribution is -0.141. The summed E-state index contributed by atoms with van der Waals surface area (Å²) in [6, 6.07) is -0.820. The minimum atomic E-state index is -1.02. The van der Waals surface area contributed by atoms with Crippen LogP contribution < -0.4 is 5.32 Å². The number of aliphatic carboxylic acids is 1. The number of carbonyl (C=O) groups excluding carboxylic acids is 1. The number of nitrogens with one attached hydrogen (secondary N) is 1. The summed E-state index contributed by atoms with van der Waals surface area (Å²) in [5, 5.41) is 11.1. The van der Waals surface area contributed by atoms with E-state index in [1.807, 2.05) is 0 Å². The summed E-state index contributed by atoms with van der Waals surface area (Å²) < 4.78 is 0. The van der Waals surface area contributed by atoms with Gasteiger partial charge < -0.3 is 10.4 Å². The number of carboxylic acid groups (broad SMARTS) is 1. The zero-order valence-electron chi connectivity index (χ0n) is 7.77. The molecule has 0 aromatic heterocycles. The number of rotatable bonds is 7. The third-order valence-corrected chi connectivity index (χ3v) is 2.19. The van der Waals surface area contributed by atoms with E-state index in [2.05, 4.69) is 30.6 Å². The second-order valence-corrected chi connectivity index (χ2v) is 3.69. The highest BCUT2D eigenvalue weighted by Gasteiger charge is 2.18. The molecule has 6 heteroatoms. The lowest BCUT2D eigenvalue weighted by Crippen LogP contribution is -2.41. The van der Waals surface area contributed by atoms with Gasteiger partial charge in [-0.05, 0) is 24.3 Å². The molecule has 0 bridgehead atoms. The molecule has 0 aliphatic heterocycles. The molecule has 0 fully saturated rings. The average Bonchev–Trinajstić information content (AvgIpc) is 2.14. The van der Waals surface area contributed by atoms with Gasteiger partial charge in [-0.25, -0.2) is 4.79 Å². The van der Waals surface area contributed by atoms with Gasteiger partial charge >= 0.3 is 5.97 Å². The molecule has 0 radical (unpaired) electrons. The molecule has 0 heterocycles. The van der Waals surface area contributed by atoms with E-state index >= 15 is 0 Å². The largest absolute Gasteiger partial charge is 0.480 e. The van der Waals surface area contributed by atoms with Gasteiger partial charge in [0.2, 0.25) is 5.91 Å². The van der Waals surface area contributed by atoms with Gasteiger partial charge in [0.1, 0.15) is 6.04 Å². The van der Waals surface area contributed by atoms with E-state index < -0.39 is 12.0 Å². The molecule has 0 aliphatic carbocycles. The molecule has 0 aromatic rings. The maximum atomic E-state index is 11.2. The van der Waals surface area contributed by atoms with Crippen molar-refractivity contribution in [3.8, 4) is 0 Å². The Bertz CT molecular complexity index is 199. The third kappa shape index (κ3) is 6.15. The second kappa shape index (κ2) is 7.99. The highest BCUT2D eigenvalue weighted by molar-refractivity contribution is 7.80. The summed E-state index contributed by atoms with van der Waals surface area (Å²) in [5.74, 6) is -0.201. The van der Waals surface area contributed by atoms with E-state index in [4.69, 9.17) is 5.11 Å². The van der Waals surface area contributed by atoms with Crippen molar-refractivity contribution in [1.82, 2.24) is 5.32 Å². The molecule has 4 nitrogen and oxygen atoms in total. The Kier molecular flexibility index (Phi) is 7.78. The topological polar surface area (TPSA) is 66.4 Å². The molecular formula is C8H15NO3S2. The van der Waals surface area contributed by atoms with Crippen LogP contribution in [0.3, 0.4) is 0 Å². The minimum absolute atomic E-state index is 0.242. The van der Waals surface area contributed by atoms with E-state index in [1.165, 1.54) is 0 Å². The second-order valence-electron chi connectivity index (χ2n) is 2.80. The van der Waals surface area contributed by atoms with E-state index in [0.29, 0.717) is 30.8 Å². The smallest absolute Gasteiger partial charge is 0.326 e. The number of hydrogen-bond acceptors (Lipinski definition) is 4. The van der Waals surface area contributed by atoms with Crippen molar-refractivity contribution in [3.05, 3.63) is 0 Å². The number of amides is 1. The quantitative estimate of drug-likeness (QED) is 0.490. The summed E-state index contributed by atoms with van der Waals surface area (Å²) in [4.78, 5) is 21.8. The van der Waals surface area contributed by atoms with Gasteiger partial charge in [-0.1, -0.05) is 0 Å². The first kappa shape index (κ1) is 13.6. The predicted molar refractivity (Wildman–Crippen MR) is 61.1 cm³/mol. The average molecular weight is 237 g/mol. The molecule has 0 spiro atoms. The van der Waals surface area contributed by atoms with Crippen LogP contribution in [0.1, 0.15) is 19.3 Å². The number of hydrogen-bond donors (Lipinski definition) is 4. The Labute approximate surface area is 94.3 Å². The van der Waals surface area contributed by atoms with Crippen molar-refractivity contribution in [1.29, 1.82) is 0 Å². The zero-order chi connectivity index (χ0) is 11.0. The number of carbonyl (C=O) groups is 2. The van der Waals surface area contributed by atoms with Crippen LogP contribution in [0.25, 0.3) is 0 Å². The maximum Gasteiger partial charge on any atom is 0.326 e. The zero-order valence-corrected chi connectivity index (χ0v) is 9.56. The Morgan fingerprint density at radius 1 is 1.29 bits per heavy atom. The van der Waals surface area contributed by atoms with E-state index in [9.17, 15) is 9.59 Å². The van der Waals surface area contributed by atoms with Gasteiger partial charge in [0.15, 0.2) is 0 Å². The van der Waals surface area contributed by atoms with Crippen LogP contribution in [0.2, 0.25) is 0 Å². The summed E-state index contributed by atoms with van der Waals surface area (Å²) in [7, 11) is 0. The van der Waals surface area contributed by atoms with E-state index in [-0.39, 0.29) is 5.91 Å². The molecule has 0 aliphatic rings. The summed E-state index contributed by atoms with van der Waals surface area (Å²) in [5.41, 5.74) is 0. The van der Waals surface area contributed by atoms with Gasteiger partial charge in [0.05, 0.1) is 0 Å². The first-order valence-electron chi connectivity index (χ1n) is 4.35. The number of thiol groups is 2. The Morgan fingerprint density at radius 3 is 2.36 bits per heavy atom. The standard InChI is InChI=1S/C8H15NO3S2/c10-7(2-1-4-13)9-6(3-5-14)8(11)12/h6,13-14H,1-5H2,(H,9,10)(H,11,12)/t6-/m1/s1. The minimum Gasteiger partial charge on any atom is -0.480 e. The first-order chi connectivity index (χ1) is 6.61. The Hall–Kier alpha value is -0.360. The molecule has 2 N–H and O–H groups in total. The number of carboxylic acids is 1. The molecule has 0 aromatic carbocycles. The maximum absolute atomic E-state index is 11.2. The normalized spacial score (nSPS) is 12.1. The molecule has 0 saturated heterocycles. The molecule has 14 heavy (non-hydrogen) atoms. The monoisotopic (exact) mass is 237 g/mol. The molecule has 0 saturated carbocycles. The van der Waals surface area contributed by atoms with Crippen LogP contribution in [0.5, 0.6) is 0 Å². The molecule has 0 rings (SSSR count). The summed E-state index contributed by atoms with van der Waals surface area (Å²) in [6.45, 7) is 0. The van der Waals surface area contributed by atoms with Crippen LogP contribution in [0.4, 0.5) is 0 Å². The first-order valence-corrected chi connectivity index (χ1v) is 5.62. The highest BCUT2D eigenvalue weighted by Crippen LogP contribution is 1.97. The van der Waals surface area contributed by atoms with Crippen LogP contribution in [-0.2, 0) is 9.59 Å². The predicted octanol–water partition coefficient (Wildman–Crippen LogP) is 0.586. The van der Waals surface area contributed by atoms with Crippen molar-refractivity contribution in [3.63, 3.8) is 0 Å². The summed E-state index contributed by atoms with van der Waals surface area (Å²) in [6.07, 6.45) is 1.31.